The van der Waals surface area contributed by atoms with Crippen molar-refractivity contribution in [1.29, 1.82) is 0 Å². The van der Waals surface area contributed by atoms with Gasteiger partial charge >= 0.3 is 0 Å². The average molecular weight is 286 g/mol. The van der Waals surface area contributed by atoms with Gasteiger partial charge in [-0.25, -0.2) is 0 Å². The second kappa shape index (κ2) is 5.32. The van der Waals surface area contributed by atoms with Crippen molar-refractivity contribution in [1.82, 2.24) is 4.57 Å². The molecule has 0 spiro atoms. The van der Waals surface area contributed by atoms with Crippen LogP contribution >= 0.6 is 0 Å². The van der Waals surface area contributed by atoms with E-state index in [1.807, 2.05) is 0 Å². The number of carbonyl (C=O) groups excluding carboxylic acids is 1. The van der Waals surface area contributed by atoms with Crippen LogP contribution in [-0.2, 0) is 7.05 Å². The number of fused-ring (bicyclic) bond motifs is 1. The predicted octanol–water partition coefficient (Wildman–Crippen LogP) is 1.41. The highest BCUT2D eigenvalue weighted by atomic mass is 16.6. The first-order valence-corrected chi connectivity index (χ1v) is 6.51. The molecule has 6 heteroatoms. The molecule has 1 N–H and O–H groups in total. The van der Waals surface area contributed by atoms with Crippen LogP contribution in [-0.4, -0.2) is 23.7 Å². The summed E-state index contributed by atoms with van der Waals surface area (Å²) in [7, 11) is 1.63. The highest BCUT2D eigenvalue weighted by Crippen LogP contribution is 2.32. The Balaban J connectivity index is 1.81. The van der Waals surface area contributed by atoms with Crippen LogP contribution in [0.15, 0.2) is 41.3 Å². The van der Waals surface area contributed by atoms with Crippen molar-refractivity contribution in [3.8, 4) is 11.5 Å². The molecule has 0 atom stereocenters. The van der Waals surface area contributed by atoms with Gasteiger partial charge in [-0.1, -0.05) is 0 Å². The van der Waals surface area contributed by atoms with E-state index >= 15 is 0 Å². The summed E-state index contributed by atoms with van der Waals surface area (Å²) in [6, 6.07) is 8.07. The normalized spacial score (nSPS) is 12.8. The van der Waals surface area contributed by atoms with E-state index in [9.17, 15) is 9.59 Å². The standard InChI is InChI=1S/C15H14N2O4/c1-17-5-4-10(8-14(17)18)15(19)16-11-2-3-12-13(9-11)21-7-6-20-12/h2-5,8-9H,6-7H2,1H3,(H,16,19). The summed E-state index contributed by atoms with van der Waals surface area (Å²) in [5.74, 6) is 0.917. The molecule has 1 aromatic heterocycles. The van der Waals surface area contributed by atoms with Gasteiger partial charge in [0.05, 0.1) is 0 Å². The van der Waals surface area contributed by atoms with E-state index in [4.69, 9.17) is 9.47 Å². The van der Waals surface area contributed by atoms with Crippen molar-refractivity contribution >= 4 is 11.6 Å². The summed E-state index contributed by atoms with van der Waals surface area (Å²) in [5.41, 5.74) is 0.669. The van der Waals surface area contributed by atoms with Crippen LogP contribution in [0.25, 0.3) is 0 Å². The lowest BCUT2D eigenvalue weighted by Gasteiger charge is -2.19. The van der Waals surface area contributed by atoms with Crippen LogP contribution in [0.2, 0.25) is 0 Å². The summed E-state index contributed by atoms with van der Waals surface area (Å²) in [4.78, 5) is 23.6. The lowest BCUT2D eigenvalue weighted by atomic mass is 10.2. The van der Waals surface area contributed by atoms with Gasteiger partial charge in [0.1, 0.15) is 13.2 Å². The smallest absolute Gasteiger partial charge is 0.255 e. The molecule has 0 saturated carbocycles. The SMILES string of the molecule is Cn1ccc(C(=O)Nc2ccc3c(c2)OCCO3)cc1=O. The Morgan fingerprint density at radius 3 is 2.67 bits per heavy atom. The predicted molar refractivity (Wildman–Crippen MR) is 77.1 cm³/mol. The van der Waals surface area contributed by atoms with E-state index in [0.717, 1.165) is 0 Å². The van der Waals surface area contributed by atoms with E-state index in [0.29, 0.717) is 36.0 Å². The van der Waals surface area contributed by atoms with E-state index in [1.165, 1.54) is 10.6 Å². The average Bonchev–Trinajstić information content (AvgIpc) is 2.50. The summed E-state index contributed by atoms with van der Waals surface area (Å²) in [5, 5.41) is 2.73. The molecule has 0 aliphatic carbocycles. The summed E-state index contributed by atoms with van der Waals surface area (Å²) in [6.45, 7) is 1.01. The number of carbonyl (C=O) groups is 1. The summed E-state index contributed by atoms with van der Waals surface area (Å²) >= 11 is 0. The fourth-order valence-electron chi connectivity index (χ4n) is 2.01. The molecular weight excluding hydrogens is 272 g/mol. The van der Waals surface area contributed by atoms with Crippen LogP contribution in [0.4, 0.5) is 5.69 Å². The molecule has 0 fully saturated rings. The number of pyridine rings is 1. The van der Waals surface area contributed by atoms with Crippen molar-refractivity contribution < 1.29 is 14.3 Å². The first kappa shape index (κ1) is 13.2. The molecular formula is C15H14N2O4. The minimum absolute atomic E-state index is 0.232. The summed E-state index contributed by atoms with van der Waals surface area (Å²) < 4.78 is 12.3. The Morgan fingerprint density at radius 1 is 1.14 bits per heavy atom. The third-order valence-corrected chi connectivity index (χ3v) is 3.17. The van der Waals surface area contributed by atoms with Crippen LogP contribution in [0.3, 0.4) is 0 Å². The lowest BCUT2D eigenvalue weighted by molar-refractivity contribution is 0.102. The Kier molecular flexibility index (Phi) is 3.35. The molecule has 1 aliphatic rings. The molecule has 0 saturated heterocycles. The van der Waals surface area contributed by atoms with Gasteiger partial charge in [-0.3, -0.25) is 9.59 Å². The van der Waals surface area contributed by atoms with Crippen molar-refractivity contribution in [3.63, 3.8) is 0 Å². The molecule has 1 aromatic carbocycles. The molecule has 0 radical (unpaired) electrons. The van der Waals surface area contributed by atoms with Gasteiger partial charge in [0, 0.05) is 36.6 Å². The first-order chi connectivity index (χ1) is 10.1. The fraction of sp³-hybridized carbons (Fsp3) is 0.200. The molecule has 1 aliphatic heterocycles. The molecule has 3 rings (SSSR count). The quantitative estimate of drug-likeness (QED) is 0.906. The zero-order valence-corrected chi connectivity index (χ0v) is 11.5. The molecule has 2 heterocycles. The third kappa shape index (κ3) is 2.74. The van der Waals surface area contributed by atoms with Crippen LogP contribution in [0.1, 0.15) is 10.4 Å². The number of aromatic nitrogens is 1. The highest BCUT2D eigenvalue weighted by Gasteiger charge is 2.13. The number of amides is 1. The Hall–Kier alpha value is -2.76. The number of aryl methyl sites for hydroxylation is 1. The number of hydrogen-bond acceptors (Lipinski definition) is 4. The van der Waals surface area contributed by atoms with Crippen molar-refractivity contribution in [2.24, 2.45) is 7.05 Å². The number of rotatable bonds is 2. The molecule has 2 aromatic rings. The van der Waals surface area contributed by atoms with Crippen molar-refractivity contribution in [2.75, 3.05) is 18.5 Å². The first-order valence-electron chi connectivity index (χ1n) is 6.51. The zero-order chi connectivity index (χ0) is 14.8. The minimum Gasteiger partial charge on any atom is -0.486 e. The number of nitrogens with zero attached hydrogens (tertiary/aromatic N) is 1. The van der Waals surface area contributed by atoms with E-state index < -0.39 is 0 Å². The maximum atomic E-state index is 12.1. The molecule has 21 heavy (non-hydrogen) atoms. The largest absolute Gasteiger partial charge is 0.486 e. The van der Waals surface area contributed by atoms with Gasteiger partial charge < -0.3 is 19.4 Å². The number of nitrogens with one attached hydrogen (secondary N) is 1. The fourth-order valence-corrected chi connectivity index (χ4v) is 2.01. The monoisotopic (exact) mass is 286 g/mol. The van der Waals surface area contributed by atoms with Crippen LogP contribution in [0.5, 0.6) is 11.5 Å². The van der Waals surface area contributed by atoms with Crippen LogP contribution < -0.4 is 20.3 Å². The zero-order valence-electron chi connectivity index (χ0n) is 11.5. The third-order valence-electron chi connectivity index (χ3n) is 3.17. The van der Waals surface area contributed by atoms with E-state index in [1.54, 1.807) is 37.5 Å². The highest BCUT2D eigenvalue weighted by molar-refractivity contribution is 6.04. The van der Waals surface area contributed by atoms with Gasteiger partial charge in [0.15, 0.2) is 11.5 Å². The molecule has 0 bridgehead atoms. The minimum atomic E-state index is -0.343. The van der Waals surface area contributed by atoms with Crippen LogP contribution in [0, 0.1) is 0 Å². The molecule has 108 valence electrons. The number of hydrogen-bond donors (Lipinski definition) is 1. The molecule has 0 unspecified atom stereocenters. The second-order valence-electron chi connectivity index (χ2n) is 4.68. The molecule has 1 amide bonds. The number of anilines is 1. The van der Waals surface area contributed by atoms with Gasteiger partial charge in [-0.05, 0) is 18.2 Å². The van der Waals surface area contributed by atoms with Gasteiger partial charge in [-0.2, -0.15) is 0 Å². The van der Waals surface area contributed by atoms with E-state index in [2.05, 4.69) is 5.32 Å². The van der Waals surface area contributed by atoms with Crippen molar-refractivity contribution in [2.45, 2.75) is 0 Å². The Morgan fingerprint density at radius 2 is 1.90 bits per heavy atom. The van der Waals surface area contributed by atoms with Gasteiger partial charge in [-0.15, -0.1) is 0 Å². The maximum Gasteiger partial charge on any atom is 0.255 e. The number of benzene rings is 1. The Bertz CT molecular complexity index is 752. The molecule has 6 nitrogen and oxygen atoms in total. The number of ether oxygens (including phenoxy) is 2. The maximum absolute atomic E-state index is 12.1. The van der Waals surface area contributed by atoms with Crippen molar-refractivity contribution in [3.05, 3.63) is 52.4 Å². The van der Waals surface area contributed by atoms with E-state index in [-0.39, 0.29) is 11.5 Å². The van der Waals surface area contributed by atoms with Gasteiger partial charge in [0.2, 0.25) is 0 Å². The topological polar surface area (TPSA) is 69.6 Å². The lowest BCUT2D eigenvalue weighted by Crippen LogP contribution is -2.20. The summed E-state index contributed by atoms with van der Waals surface area (Å²) in [6.07, 6.45) is 1.56. The Labute approximate surface area is 120 Å². The van der Waals surface area contributed by atoms with Gasteiger partial charge in [0.25, 0.3) is 11.5 Å². The second-order valence-corrected chi connectivity index (χ2v) is 4.68.